The van der Waals surface area contributed by atoms with E-state index in [2.05, 4.69) is 62.5 Å². The van der Waals surface area contributed by atoms with E-state index in [0.29, 0.717) is 12.8 Å². The van der Waals surface area contributed by atoms with E-state index in [1.54, 1.807) is 0 Å². The quantitative estimate of drug-likeness (QED) is 0.0419. The van der Waals surface area contributed by atoms with Crippen LogP contribution < -0.4 is 0 Å². The third-order valence-corrected chi connectivity index (χ3v) is 7.80. The van der Waals surface area contributed by atoms with Crippen molar-refractivity contribution in [2.75, 3.05) is 13.2 Å². The van der Waals surface area contributed by atoms with Crippen molar-refractivity contribution in [1.82, 2.24) is 0 Å². The largest absolute Gasteiger partial charge is 0.462 e. The van der Waals surface area contributed by atoms with Crippen LogP contribution in [0.1, 0.15) is 181 Å². The molecule has 0 atom stereocenters. The topological polar surface area (TPSA) is 52.6 Å². The Morgan fingerprint density at radius 3 is 1.14 bits per heavy atom. The summed E-state index contributed by atoms with van der Waals surface area (Å²) in [6.45, 7) is 4.81. The normalized spacial score (nSPS) is 12.0. The summed E-state index contributed by atoms with van der Waals surface area (Å²) in [4.78, 5) is 23.8. The van der Waals surface area contributed by atoms with Crippen LogP contribution in [0.25, 0.3) is 0 Å². The van der Waals surface area contributed by atoms with Crippen LogP contribution in [0.15, 0.2) is 48.6 Å². The minimum Gasteiger partial charge on any atom is -0.462 e. The second kappa shape index (κ2) is 37.1. The van der Waals surface area contributed by atoms with Gasteiger partial charge in [-0.25, -0.2) is 0 Å². The summed E-state index contributed by atoms with van der Waals surface area (Å²) in [5, 5.41) is 0. The number of carbonyl (C=O) groups is 2. The Bertz CT molecular complexity index is 734. The average molecular weight is 615 g/mol. The van der Waals surface area contributed by atoms with Crippen LogP contribution in [-0.2, 0) is 19.1 Å². The second-order valence-corrected chi connectivity index (χ2v) is 12.1. The van der Waals surface area contributed by atoms with Gasteiger partial charge in [-0.15, -0.1) is 0 Å². The van der Waals surface area contributed by atoms with Crippen LogP contribution >= 0.6 is 0 Å². The van der Waals surface area contributed by atoms with Crippen molar-refractivity contribution in [2.45, 2.75) is 181 Å². The van der Waals surface area contributed by atoms with Crippen LogP contribution in [0, 0.1) is 0 Å². The van der Waals surface area contributed by atoms with Gasteiger partial charge in [0.1, 0.15) is 13.2 Å². The third-order valence-electron chi connectivity index (χ3n) is 7.80. The first kappa shape index (κ1) is 41.9. The van der Waals surface area contributed by atoms with Gasteiger partial charge in [-0.2, -0.15) is 0 Å². The maximum atomic E-state index is 11.9. The summed E-state index contributed by atoms with van der Waals surface area (Å²) >= 11 is 0. The third kappa shape index (κ3) is 36.1. The lowest BCUT2D eigenvalue weighted by atomic mass is 10.0. The SMILES string of the molecule is CCCCCC=CCC=CCC=CCC=CCCCC(=O)OCCOC(=O)CCCCCCCCCCCCCCCCC. The molecule has 0 aliphatic carbocycles. The van der Waals surface area contributed by atoms with E-state index >= 15 is 0 Å². The lowest BCUT2D eigenvalue weighted by molar-refractivity contribution is -0.152. The number of rotatable bonds is 33. The maximum absolute atomic E-state index is 11.9. The molecule has 254 valence electrons. The zero-order valence-corrected chi connectivity index (χ0v) is 29.1. The summed E-state index contributed by atoms with van der Waals surface area (Å²) in [6.07, 6.45) is 47.8. The Morgan fingerprint density at radius 1 is 0.386 bits per heavy atom. The molecule has 0 bridgehead atoms. The van der Waals surface area contributed by atoms with E-state index in [-0.39, 0.29) is 25.2 Å². The molecule has 0 saturated carbocycles. The molecule has 0 amide bonds. The van der Waals surface area contributed by atoms with Crippen molar-refractivity contribution in [3.8, 4) is 0 Å². The van der Waals surface area contributed by atoms with Crippen LogP contribution in [0.4, 0.5) is 0 Å². The van der Waals surface area contributed by atoms with E-state index in [4.69, 9.17) is 9.47 Å². The van der Waals surface area contributed by atoms with Crippen molar-refractivity contribution in [2.24, 2.45) is 0 Å². The molecule has 0 heterocycles. The summed E-state index contributed by atoms with van der Waals surface area (Å²) in [7, 11) is 0. The molecule has 0 aromatic rings. The van der Waals surface area contributed by atoms with Crippen molar-refractivity contribution in [3.05, 3.63) is 48.6 Å². The Balaban J connectivity index is 3.42. The number of carbonyl (C=O) groups excluding carboxylic acids is 2. The molecule has 0 radical (unpaired) electrons. The van der Waals surface area contributed by atoms with Crippen molar-refractivity contribution in [3.63, 3.8) is 0 Å². The number of hydrogen-bond acceptors (Lipinski definition) is 4. The summed E-state index contributed by atoms with van der Waals surface area (Å²) < 4.78 is 10.4. The van der Waals surface area contributed by atoms with Gasteiger partial charge in [-0.05, 0) is 51.4 Å². The van der Waals surface area contributed by atoms with Gasteiger partial charge in [0.25, 0.3) is 0 Å². The molecule has 44 heavy (non-hydrogen) atoms. The number of hydrogen-bond donors (Lipinski definition) is 0. The number of unbranched alkanes of at least 4 members (excludes halogenated alkanes) is 18. The highest BCUT2D eigenvalue weighted by Gasteiger charge is 2.05. The fourth-order valence-corrected chi connectivity index (χ4v) is 5.02. The van der Waals surface area contributed by atoms with Gasteiger partial charge in [0.05, 0.1) is 0 Å². The predicted octanol–water partition coefficient (Wildman–Crippen LogP) is 12.5. The minimum atomic E-state index is -0.223. The first-order chi connectivity index (χ1) is 21.7. The highest BCUT2D eigenvalue weighted by molar-refractivity contribution is 5.70. The molecule has 0 N–H and O–H groups in total. The summed E-state index contributed by atoms with van der Waals surface area (Å²) in [6, 6.07) is 0. The maximum Gasteiger partial charge on any atom is 0.305 e. The molecular weight excluding hydrogens is 544 g/mol. The Morgan fingerprint density at radius 2 is 0.705 bits per heavy atom. The van der Waals surface area contributed by atoms with Crippen LogP contribution in [-0.4, -0.2) is 25.2 Å². The standard InChI is InChI=1S/C40H70O4/c1-3-5-7-9-11-13-15-17-19-20-22-24-26-28-30-32-34-36-40(42)44-38-37-43-39(41)35-33-31-29-27-25-23-21-18-16-14-12-10-8-6-4-2/h11,13,17,19,22,24,28,30H,3-10,12,14-16,18,20-21,23,25-27,29,31-38H2,1-2H3. The van der Waals surface area contributed by atoms with Gasteiger partial charge in [0, 0.05) is 12.8 Å². The fourth-order valence-electron chi connectivity index (χ4n) is 5.02. The molecule has 0 rings (SSSR count). The zero-order valence-electron chi connectivity index (χ0n) is 29.1. The van der Waals surface area contributed by atoms with Crippen molar-refractivity contribution < 1.29 is 19.1 Å². The Hall–Kier alpha value is -2.10. The fraction of sp³-hybridized carbons (Fsp3) is 0.750. The van der Waals surface area contributed by atoms with Crippen LogP contribution in [0.2, 0.25) is 0 Å². The van der Waals surface area contributed by atoms with Gasteiger partial charge in [0.15, 0.2) is 0 Å². The number of allylic oxidation sites excluding steroid dienone is 8. The van der Waals surface area contributed by atoms with Crippen LogP contribution in [0.3, 0.4) is 0 Å². The molecule has 0 spiro atoms. The van der Waals surface area contributed by atoms with Gasteiger partial charge < -0.3 is 9.47 Å². The van der Waals surface area contributed by atoms with Gasteiger partial charge >= 0.3 is 11.9 Å². The highest BCUT2D eigenvalue weighted by Crippen LogP contribution is 2.14. The minimum absolute atomic E-state index is 0.147. The lowest BCUT2D eigenvalue weighted by Crippen LogP contribution is -2.13. The van der Waals surface area contributed by atoms with E-state index in [1.807, 2.05) is 0 Å². The molecular formula is C40H70O4. The van der Waals surface area contributed by atoms with E-state index in [0.717, 1.165) is 44.9 Å². The molecule has 0 unspecified atom stereocenters. The number of ether oxygens (including phenoxy) is 2. The molecule has 4 heteroatoms. The number of esters is 2. The summed E-state index contributed by atoms with van der Waals surface area (Å²) in [5.41, 5.74) is 0. The zero-order chi connectivity index (χ0) is 32.0. The molecule has 0 aliphatic heterocycles. The molecule has 4 nitrogen and oxygen atoms in total. The van der Waals surface area contributed by atoms with Crippen molar-refractivity contribution >= 4 is 11.9 Å². The van der Waals surface area contributed by atoms with Gasteiger partial charge in [-0.1, -0.05) is 165 Å². The van der Waals surface area contributed by atoms with E-state index < -0.39 is 0 Å². The molecule has 0 aromatic heterocycles. The monoisotopic (exact) mass is 615 g/mol. The van der Waals surface area contributed by atoms with Gasteiger partial charge in [-0.3, -0.25) is 9.59 Å². The molecule has 0 fully saturated rings. The lowest BCUT2D eigenvalue weighted by Gasteiger charge is -2.06. The Kier molecular flexibility index (Phi) is 35.3. The van der Waals surface area contributed by atoms with E-state index in [1.165, 1.54) is 109 Å². The van der Waals surface area contributed by atoms with E-state index in [9.17, 15) is 9.59 Å². The molecule has 0 saturated heterocycles. The second-order valence-electron chi connectivity index (χ2n) is 12.1. The van der Waals surface area contributed by atoms with Gasteiger partial charge in [0.2, 0.25) is 0 Å². The predicted molar refractivity (Wildman–Crippen MR) is 190 cm³/mol. The smallest absolute Gasteiger partial charge is 0.305 e. The molecule has 0 aromatic carbocycles. The first-order valence-electron chi connectivity index (χ1n) is 18.6. The highest BCUT2D eigenvalue weighted by atomic mass is 16.6. The first-order valence-corrected chi connectivity index (χ1v) is 18.6. The average Bonchev–Trinajstić information content (AvgIpc) is 3.02. The Labute approximate surface area is 273 Å². The van der Waals surface area contributed by atoms with Crippen LogP contribution in [0.5, 0.6) is 0 Å². The molecule has 0 aliphatic rings. The summed E-state index contributed by atoms with van der Waals surface area (Å²) in [5.74, 6) is -0.407. The van der Waals surface area contributed by atoms with Crippen molar-refractivity contribution in [1.29, 1.82) is 0 Å².